The van der Waals surface area contributed by atoms with Crippen molar-refractivity contribution in [2.75, 3.05) is 18.6 Å². The van der Waals surface area contributed by atoms with Crippen molar-refractivity contribution >= 4 is 11.8 Å². The van der Waals surface area contributed by atoms with Crippen LogP contribution in [0.25, 0.3) is 11.4 Å². The predicted octanol–water partition coefficient (Wildman–Crippen LogP) is 2.90. The van der Waals surface area contributed by atoms with Gasteiger partial charge in [0.2, 0.25) is 0 Å². The van der Waals surface area contributed by atoms with E-state index in [-0.39, 0.29) is 0 Å². The topological polar surface area (TPSA) is 75.5 Å². The third-order valence-electron chi connectivity index (χ3n) is 4.27. The summed E-state index contributed by atoms with van der Waals surface area (Å²) in [6.45, 7) is 2.60. The Morgan fingerprint density at radius 2 is 2.00 bits per heavy atom. The molecule has 1 aliphatic rings. The monoisotopic (exact) mass is 327 g/mol. The van der Waals surface area contributed by atoms with Crippen molar-refractivity contribution < 1.29 is 14.6 Å². The van der Waals surface area contributed by atoms with Gasteiger partial charge in [-0.2, -0.15) is 0 Å². The summed E-state index contributed by atoms with van der Waals surface area (Å²) in [6.07, 6.45) is 2.56. The molecule has 3 rings (SSSR count). The Labute approximate surface area is 141 Å². The average molecular weight is 327 g/mol. The summed E-state index contributed by atoms with van der Waals surface area (Å²) in [5, 5.41) is 9.48. The van der Waals surface area contributed by atoms with Crippen molar-refractivity contribution in [3.63, 3.8) is 0 Å². The number of hydrogen-bond donors (Lipinski definition) is 1. The minimum Gasteiger partial charge on any atom is -0.497 e. The Morgan fingerprint density at radius 3 is 2.67 bits per heavy atom. The van der Waals surface area contributed by atoms with Gasteiger partial charge in [-0.15, -0.1) is 0 Å². The fraction of sp³-hybridized carbons (Fsp3) is 0.389. The van der Waals surface area contributed by atoms with E-state index in [0.717, 1.165) is 29.8 Å². The summed E-state index contributed by atoms with van der Waals surface area (Å²) >= 11 is 0. The molecule has 2 heterocycles. The van der Waals surface area contributed by atoms with Crippen molar-refractivity contribution in [1.82, 2.24) is 9.97 Å². The molecule has 1 unspecified atom stereocenters. The van der Waals surface area contributed by atoms with Crippen molar-refractivity contribution in [1.29, 1.82) is 0 Å². The number of aliphatic carboxylic acids is 1. The van der Waals surface area contributed by atoms with E-state index in [1.54, 1.807) is 7.11 Å². The number of anilines is 1. The van der Waals surface area contributed by atoms with Gasteiger partial charge in [0.25, 0.3) is 0 Å². The standard InChI is InChI=1S/C18H21N3O3/c1-12-11-16(21-10-4-3-5-15(21)18(22)23)20-17(19-12)13-6-8-14(24-2)9-7-13/h6-9,11,15H,3-5,10H2,1-2H3,(H,22,23). The molecule has 0 bridgehead atoms. The number of ether oxygens (including phenoxy) is 1. The van der Waals surface area contributed by atoms with Gasteiger partial charge in [0.05, 0.1) is 7.11 Å². The first-order valence-electron chi connectivity index (χ1n) is 8.08. The molecule has 1 aromatic heterocycles. The van der Waals surface area contributed by atoms with E-state index in [0.29, 0.717) is 24.6 Å². The predicted molar refractivity (Wildman–Crippen MR) is 91.4 cm³/mol. The van der Waals surface area contributed by atoms with Crippen LogP contribution in [0.5, 0.6) is 5.75 Å². The third-order valence-corrected chi connectivity index (χ3v) is 4.27. The van der Waals surface area contributed by atoms with E-state index in [4.69, 9.17) is 4.74 Å². The lowest BCUT2D eigenvalue weighted by molar-refractivity contribution is -0.139. The minimum atomic E-state index is -0.794. The van der Waals surface area contributed by atoms with Gasteiger partial charge in [-0.25, -0.2) is 14.8 Å². The minimum absolute atomic E-state index is 0.517. The second-order valence-electron chi connectivity index (χ2n) is 5.96. The van der Waals surface area contributed by atoms with Crippen LogP contribution in [0.4, 0.5) is 5.82 Å². The molecule has 1 N–H and O–H groups in total. The van der Waals surface area contributed by atoms with E-state index >= 15 is 0 Å². The smallest absolute Gasteiger partial charge is 0.326 e. The molecule has 126 valence electrons. The van der Waals surface area contributed by atoms with Crippen molar-refractivity contribution in [2.24, 2.45) is 0 Å². The number of piperidine rings is 1. The largest absolute Gasteiger partial charge is 0.497 e. The lowest BCUT2D eigenvalue weighted by Crippen LogP contribution is -2.45. The molecule has 24 heavy (non-hydrogen) atoms. The Bertz CT molecular complexity index is 731. The van der Waals surface area contributed by atoms with Gasteiger partial charge in [0, 0.05) is 23.9 Å². The highest BCUT2D eigenvalue weighted by molar-refractivity contribution is 5.78. The van der Waals surface area contributed by atoms with Gasteiger partial charge in [-0.3, -0.25) is 0 Å². The zero-order valence-corrected chi connectivity index (χ0v) is 13.9. The van der Waals surface area contributed by atoms with Crippen molar-refractivity contribution in [3.8, 4) is 17.1 Å². The highest BCUT2D eigenvalue weighted by Crippen LogP contribution is 2.27. The summed E-state index contributed by atoms with van der Waals surface area (Å²) in [4.78, 5) is 22.6. The second-order valence-corrected chi connectivity index (χ2v) is 5.96. The fourth-order valence-electron chi connectivity index (χ4n) is 3.03. The number of carbonyl (C=O) groups is 1. The first kappa shape index (κ1) is 16.2. The highest BCUT2D eigenvalue weighted by atomic mass is 16.5. The molecular weight excluding hydrogens is 306 g/mol. The SMILES string of the molecule is COc1ccc(-c2nc(C)cc(N3CCCCC3C(=O)O)n2)cc1. The van der Waals surface area contributed by atoms with Crippen LogP contribution in [0.2, 0.25) is 0 Å². The quantitative estimate of drug-likeness (QED) is 0.930. The Balaban J connectivity index is 1.97. The van der Waals surface area contributed by atoms with E-state index in [2.05, 4.69) is 9.97 Å². The van der Waals surface area contributed by atoms with E-state index < -0.39 is 12.0 Å². The molecule has 0 saturated carbocycles. The van der Waals surface area contributed by atoms with Crippen molar-refractivity contribution in [3.05, 3.63) is 36.0 Å². The van der Waals surface area contributed by atoms with Crippen molar-refractivity contribution in [2.45, 2.75) is 32.2 Å². The summed E-state index contributed by atoms with van der Waals surface area (Å²) in [5.41, 5.74) is 1.70. The van der Waals surface area contributed by atoms with Crippen LogP contribution < -0.4 is 9.64 Å². The maximum atomic E-state index is 11.5. The maximum absolute atomic E-state index is 11.5. The lowest BCUT2D eigenvalue weighted by Gasteiger charge is -2.34. The van der Waals surface area contributed by atoms with Gasteiger partial charge >= 0.3 is 5.97 Å². The molecular formula is C18H21N3O3. The molecule has 6 heteroatoms. The summed E-state index contributed by atoms with van der Waals surface area (Å²) in [7, 11) is 1.62. The summed E-state index contributed by atoms with van der Waals surface area (Å²) in [5.74, 6) is 1.26. The Hall–Kier alpha value is -2.63. The molecule has 0 amide bonds. The number of aromatic nitrogens is 2. The van der Waals surface area contributed by atoms with Crippen LogP contribution in [0, 0.1) is 6.92 Å². The number of nitrogens with zero attached hydrogens (tertiary/aromatic N) is 3. The number of carboxylic acids is 1. The van der Waals surface area contributed by atoms with Crippen LogP contribution in [-0.4, -0.2) is 40.7 Å². The highest BCUT2D eigenvalue weighted by Gasteiger charge is 2.29. The maximum Gasteiger partial charge on any atom is 0.326 e. The normalized spacial score (nSPS) is 17.6. The molecule has 2 aromatic rings. The van der Waals surface area contributed by atoms with Gasteiger partial charge in [-0.1, -0.05) is 0 Å². The van der Waals surface area contributed by atoms with Crippen LogP contribution in [0.3, 0.4) is 0 Å². The van der Waals surface area contributed by atoms with Gasteiger partial charge in [-0.05, 0) is 50.5 Å². The number of hydrogen-bond acceptors (Lipinski definition) is 5. The van der Waals surface area contributed by atoms with Crippen LogP contribution in [0.15, 0.2) is 30.3 Å². The number of carboxylic acid groups (broad SMARTS) is 1. The molecule has 1 saturated heterocycles. The van der Waals surface area contributed by atoms with Crippen LogP contribution in [-0.2, 0) is 4.79 Å². The van der Waals surface area contributed by atoms with E-state index in [9.17, 15) is 9.90 Å². The molecule has 1 aromatic carbocycles. The number of benzene rings is 1. The second kappa shape index (κ2) is 6.86. The van der Waals surface area contributed by atoms with Gasteiger partial charge < -0.3 is 14.7 Å². The van der Waals surface area contributed by atoms with Crippen LogP contribution >= 0.6 is 0 Å². The molecule has 1 atom stereocenters. The third kappa shape index (κ3) is 3.32. The summed E-state index contributed by atoms with van der Waals surface area (Å²) < 4.78 is 5.17. The van der Waals surface area contributed by atoms with Gasteiger partial charge in [0.15, 0.2) is 5.82 Å². The molecule has 0 radical (unpaired) electrons. The molecule has 6 nitrogen and oxygen atoms in total. The van der Waals surface area contributed by atoms with E-state index in [1.165, 1.54) is 0 Å². The number of rotatable bonds is 4. The number of methoxy groups -OCH3 is 1. The Morgan fingerprint density at radius 1 is 1.25 bits per heavy atom. The first-order chi connectivity index (χ1) is 11.6. The molecule has 0 aliphatic carbocycles. The van der Waals surface area contributed by atoms with E-state index in [1.807, 2.05) is 42.2 Å². The zero-order valence-electron chi connectivity index (χ0n) is 13.9. The number of aryl methyl sites for hydroxylation is 1. The molecule has 0 spiro atoms. The van der Waals surface area contributed by atoms with Gasteiger partial charge in [0.1, 0.15) is 17.6 Å². The average Bonchev–Trinajstić information content (AvgIpc) is 2.61. The molecule has 1 aliphatic heterocycles. The fourth-order valence-corrected chi connectivity index (χ4v) is 3.03. The van der Waals surface area contributed by atoms with Crippen LogP contribution in [0.1, 0.15) is 25.0 Å². The molecule has 1 fully saturated rings. The summed E-state index contributed by atoms with van der Waals surface area (Å²) in [6, 6.07) is 8.87. The zero-order chi connectivity index (χ0) is 17.1. The lowest BCUT2D eigenvalue weighted by atomic mass is 10.0. The first-order valence-corrected chi connectivity index (χ1v) is 8.08. The Kier molecular flexibility index (Phi) is 4.64.